The quantitative estimate of drug-likeness (QED) is 0.854. The summed E-state index contributed by atoms with van der Waals surface area (Å²) in [5, 5.41) is 7.60. The topological polar surface area (TPSA) is 100 Å². The zero-order valence-corrected chi connectivity index (χ0v) is 10.6. The normalized spacial score (nSPS) is 14.7. The minimum atomic E-state index is -0.799. The summed E-state index contributed by atoms with van der Waals surface area (Å²) in [4.78, 5) is 4.20. The number of nitrogens with two attached hydrogens (primary N) is 1. The van der Waals surface area contributed by atoms with Gasteiger partial charge in [-0.05, 0) is 20.8 Å². The Morgan fingerprint density at radius 3 is 2.78 bits per heavy atom. The predicted octanol–water partition coefficient (Wildman–Crippen LogP) is 1.24. The van der Waals surface area contributed by atoms with E-state index in [1.54, 1.807) is 13.0 Å². The molecule has 2 rings (SSSR count). The molecule has 1 atom stereocenters. The van der Waals surface area contributed by atoms with Crippen molar-refractivity contribution in [3.8, 4) is 11.7 Å². The number of aromatic nitrogens is 3. The maximum atomic E-state index is 6.06. The Hall–Kier alpha value is -1.73. The number of rotatable bonds is 5. The van der Waals surface area contributed by atoms with E-state index in [2.05, 4.69) is 15.3 Å². The van der Waals surface area contributed by atoms with Gasteiger partial charge >= 0.3 is 0 Å². The van der Waals surface area contributed by atoms with Crippen LogP contribution in [0.5, 0.6) is 0 Å². The molecule has 2 N–H and O–H groups in total. The highest BCUT2D eigenvalue weighted by molar-refractivity contribution is 5.43. The van der Waals surface area contributed by atoms with Crippen molar-refractivity contribution in [1.82, 2.24) is 15.3 Å². The van der Waals surface area contributed by atoms with E-state index in [-0.39, 0.29) is 5.89 Å². The average molecular weight is 252 g/mol. The Morgan fingerprint density at radius 2 is 2.17 bits per heavy atom. The molecule has 0 radical (unpaired) electrons. The van der Waals surface area contributed by atoms with Crippen molar-refractivity contribution < 1.29 is 13.8 Å². The lowest BCUT2D eigenvalue weighted by Crippen LogP contribution is -2.39. The zero-order valence-electron chi connectivity index (χ0n) is 10.6. The Balaban J connectivity index is 2.19. The minimum absolute atomic E-state index is 0.263. The van der Waals surface area contributed by atoms with Crippen molar-refractivity contribution in [3.05, 3.63) is 17.6 Å². The van der Waals surface area contributed by atoms with Crippen LogP contribution in [0.4, 0.5) is 0 Å². The molecule has 2 heterocycles. The molecule has 2 aromatic heterocycles. The monoisotopic (exact) mass is 252 g/mol. The number of ether oxygens (including phenoxy) is 1. The van der Waals surface area contributed by atoms with E-state index in [1.807, 2.05) is 13.8 Å². The van der Waals surface area contributed by atoms with Crippen LogP contribution in [0.25, 0.3) is 11.7 Å². The molecule has 0 aliphatic heterocycles. The maximum Gasteiger partial charge on any atom is 0.296 e. The molecule has 0 saturated carbocycles. The molecule has 7 heteroatoms. The summed E-state index contributed by atoms with van der Waals surface area (Å²) in [6, 6.07) is 1.72. The zero-order chi connectivity index (χ0) is 13.2. The molecule has 0 aliphatic carbocycles. The first-order valence-electron chi connectivity index (χ1n) is 5.67. The standard InChI is InChI=1S/C11H16N4O3/c1-4-16-6-11(3,12)10-13-9(18-15-10)8-5-7(2)14-17-8/h5H,4,6,12H2,1-3H3. The second-order valence-electron chi connectivity index (χ2n) is 4.31. The van der Waals surface area contributed by atoms with Crippen molar-refractivity contribution in [2.24, 2.45) is 5.73 Å². The molecule has 98 valence electrons. The van der Waals surface area contributed by atoms with Gasteiger partial charge in [0.05, 0.1) is 12.3 Å². The van der Waals surface area contributed by atoms with Crippen molar-refractivity contribution in [3.63, 3.8) is 0 Å². The van der Waals surface area contributed by atoms with Gasteiger partial charge in [-0.15, -0.1) is 0 Å². The second kappa shape index (κ2) is 4.87. The highest BCUT2D eigenvalue weighted by atomic mass is 16.5. The van der Waals surface area contributed by atoms with E-state index in [1.165, 1.54) is 0 Å². The van der Waals surface area contributed by atoms with Gasteiger partial charge < -0.3 is 19.5 Å². The molecular weight excluding hydrogens is 236 g/mol. The molecule has 0 fully saturated rings. The van der Waals surface area contributed by atoms with Crippen molar-refractivity contribution in [2.45, 2.75) is 26.3 Å². The molecule has 1 unspecified atom stereocenters. The van der Waals surface area contributed by atoms with Crippen LogP contribution >= 0.6 is 0 Å². The fourth-order valence-corrected chi connectivity index (χ4v) is 1.40. The molecule has 0 spiro atoms. The predicted molar refractivity (Wildman–Crippen MR) is 62.6 cm³/mol. The Morgan fingerprint density at radius 1 is 1.39 bits per heavy atom. The van der Waals surface area contributed by atoms with E-state index in [9.17, 15) is 0 Å². The van der Waals surface area contributed by atoms with E-state index >= 15 is 0 Å². The first-order valence-corrected chi connectivity index (χ1v) is 5.67. The maximum absolute atomic E-state index is 6.06. The molecule has 18 heavy (non-hydrogen) atoms. The summed E-state index contributed by atoms with van der Waals surface area (Å²) in [5.41, 5.74) is 6.01. The number of aryl methyl sites for hydroxylation is 1. The van der Waals surface area contributed by atoms with Gasteiger partial charge in [-0.25, -0.2) is 0 Å². The molecule has 7 nitrogen and oxygen atoms in total. The third kappa shape index (κ3) is 2.57. The molecule has 2 aromatic rings. The van der Waals surface area contributed by atoms with Crippen LogP contribution < -0.4 is 5.73 Å². The molecule has 0 aromatic carbocycles. The van der Waals surface area contributed by atoms with Gasteiger partial charge in [-0.2, -0.15) is 4.98 Å². The molecular formula is C11H16N4O3. The van der Waals surface area contributed by atoms with E-state index in [0.29, 0.717) is 24.8 Å². The Bertz CT molecular complexity index is 518. The lowest BCUT2D eigenvalue weighted by Gasteiger charge is -2.19. The molecule has 0 amide bonds. The largest absolute Gasteiger partial charge is 0.379 e. The lowest BCUT2D eigenvalue weighted by molar-refractivity contribution is 0.0962. The van der Waals surface area contributed by atoms with Crippen molar-refractivity contribution >= 4 is 0 Å². The van der Waals surface area contributed by atoms with Crippen LogP contribution in [0.3, 0.4) is 0 Å². The third-order valence-electron chi connectivity index (χ3n) is 2.38. The lowest BCUT2D eigenvalue weighted by atomic mass is 10.1. The third-order valence-corrected chi connectivity index (χ3v) is 2.38. The summed E-state index contributed by atoms with van der Waals surface area (Å²) >= 11 is 0. The Labute approximate surface area is 104 Å². The summed E-state index contributed by atoms with van der Waals surface area (Å²) < 4.78 is 15.4. The number of nitrogens with zero attached hydrogens (tertiary/aromatic N) is 3. The Kier molecular flexibility index (Phi) is 3.44. The highest BCUT2D eigenvalue weighted by Crippen LogP contribution is 2.21. The smallest absolute Gasteiger partial charge is 0.296 e. The van der Waals surface area contributed by atoms with Crippen LogP contribution in [-0.2, 0) is 10.3 Å². The minimum Gasteiger partial charge on any atom is -0.379 e. The first-order chi connectivity index (χ1) is 8.53. The molecule has 0 bridgehead atoms. The van der Waals surface area contributed by atoms with Crippen LogP contribution in [0, 0.1) is 6.92 Å². The van der Waals surface area contributed by atoms with E-state index < -0.39 is 5.54 Å². The highest BCUT2D eigenvalue weighted by Gasteiger charge is 2.28. The van der Waals surface area contributed by atoms with Gasteiger partial charge in [-0.1, -0.05) is 10.3 Å². The summed E-state index contributed by atoms with van der Waals surface area (Å²) in [6.45, 7) is 6.39. The summed E-state index contributed by atoms with van der Waals surface area (Å²) in [6.07, 6.45) is 0. The fourth-order valence-electron chi connectivity index (χ4n) is 1.40. The van der Waals surface area contributed by atoms with Gasteiger partial charge in [0.15, 0.2) is 5.82 Å². The number of hydrogen-bond donors (Lipinski definition) is 1. The van der Waals surface area contributed by atoms with E-state index in [4.69, 9.17) is 19.5 Å². The van der Waals surface area contributed by atoms with Gasteiger partial charge in [0.1, 0.15) is 5.54 Å². The second-order valence-corrected chi connectivity index (χ2v) is 4.31. The van der Waals surface area contributed by atoms with Gasteiger partial charge in [0.2, 0.25) is 5.76 Å². The SMILES string of the molecule is CCOCC(C)(N)c1noc(-c2cc(C)no2)n1. The molecule has 0 aliphatic rings. The van der Waals surface area contributed by atoms with Gasteiger partial charge in [0.25, 0.3) is 5.89 Å². The first kappa shape index (κ1) is 12.7. The fraction of sp³-hybridized carbons (Fsp3) is 0.545. The van der Waals surface area contributed by atoms with Gasteiger partial charge in [0, 0.05) is 12.7 Å². The van der Waals surface area contributed by atoms with Crippen LogP contribution in [0.15, 0.2) is 15.1 Å². The van der Waals surface area contributed by atoms with Crippen molar-refractivity contribution in [1.29, 1.82) is 0 Å². The molecule has 0 saturated heterocycles. The average Bonchev–Trinajstić information content (AvgIpc) is 2.94. The van der Waals surface area contributed by atoms with Crippen LogP contribution in [-0.4, -0.2) is 28.5 Å². The number of hydrogen-bond acceptors (Lipinski definition) is 7. The summed E-state index contributed by atoms with van der Waals surface area (Å²) in [7, 11) is 0. The van der Waals surface area contributed by atoms with Crippen LogP contribution in [0.1, 0.15) is 25.4 Å². The summed E-state index contributed by atoms with van der Waals surface area (Å²) in [5.74, 6) is 1.07. The van der Waals surface area contributed by atoms with Gasteiger partial charge in [-0.3, -0.25) is 0 Å². The van der Waals surface area contributed by atoms with E-state index in [0.717, 1.165) is 5.69 Å². The van der Waals surface area contributed by atoms with Crippen LogP contribution in [0.2, 0.25) is 0 Å². The van der Waals surface area contributed by atoms with Crippen molar-refractivity contribution in [2.75, 3.05) is 13.2 Å².